The summed E-state index contributed by atoms with van der Waals surface area (Å²) in [6.45, 7) is 2.23. The molecule has 1 fully saturated rings. The lowest BCUT2D eigenvalue weighted by atomic mass is 9.88. The van der Waals surface area contributed by atoms with Crippen molar-refractivity contribution < 1.29 is 4.79 Å². The minimum atomic E-state index is 0.120. The predicted molar refractivity (Wildman–Crippen MR) is 128 cm³/mol. The Hall–Kier alpha value is -3.31. The van der Waals surface area contributed by atoms with Gasteiger partial charge in [0, 0.05) is 41.6 Å². The van der Waals surface area contributed by atoms with Crippen LogP contribution in [0.15, 0.2) is 67.1 Å². The second-order valence-electron chi connectivity index (χ2n) is 8.94. The van der Waals surface area contributed by atoms with Gasteiger partial charge in [-0.25, -0.2) is 0 Å². The molecule has 2 aromatic carbocycles. The van der Waals surface area contributed by atoms with Crippen molar-refractivity contribution in [3.05, 3.63) is 83.9 Å². The molecule has 2 aromatic heterocycles. The number of aromatic nitrogens is 3. The Bertz CT molecular complexity index is 1270. The van der Waals surface area contributed by atoms with Crippen LogP contribution in [-0.4, -0.2) is 45.6 Å². The standard InChI is InChI=1S/C27H28N4O/c1-30-10-8-19(9-11-30)20-4-3-5-22(12-20)27(32)15-26-14-24-13-21(6-7-23(24)16-28-26)25-17-29-31(2)18-25/h3-7,12-14,16-19H,8-11,15H2,1-2H3. The van der Waals surface area contributed by atoms with Crippen LogP contribution in [0.1, 0.15) is 40.4 Å². The lowest BCUT2D eigenvalue weighted by molar-refractivity contribution is 0.0992. The second kappa shape index (κ2) is 8.67. The van der Waals surface area contributed by atoms with E-state index < -0.39 is 0 Å². The topological polar surface area (TPSA) is 51.0 Å². The van der Waals surface area contributed by atoms with E-state index in [0.717, 1.165) is 59.1 Å². The summed E-state index contributed by atoms with van der Waals surface area (Å²) in [6.07, 6.45) is 8.34. The number of nitrogens with zero attached hydrogens (tertiary/aromatic N) is 4. The molecule has 0 radical (unpaired) electrons. The van der Waals surface area contributed by atoms with Crippen molar-refractivity contribution in [2.24, 2.45) is 7.05 Å². The summed E-state index contributed by atoms with van der Waals surface area (Å²) in [7, 11) is 4.09. The SMILES string of the molecule is CN1CCC(c2cccc(C(=O)Cc3cc4cc(-c5cnn(C)c5)ccc4cn3)c2)CC1. The molecule has 0 amide bonds. The summed E-state index contributed by atoms with van der Waals surface area (Å²) in [6, 6.07) is 16.6. The Morgan fingerprint density at radius 3 is 2.59 bits per heavy atom. The van der Waals surface area contributed by atoms with Gasteiger partial charge < -0.3 is 4.90 Å². The zero-order valence-electron chi connectivity index (χ0n) is 18.7. The van der Waals surface area contributed by atoms with Gasteiger partial charge in [0.05, 0.1) is 12.6 Å². The van der Waals surface area contributed by atoms with Crippen LogP contribution < -0.4 is 0 Å². The lowest BCUT2D eigenvalue weighted by Crippen LogP contribution is -2.29. The summed E-state index contributed by atoms with van der Waals surface area (Å²) in [5.74, 6) is 0.665. The maximum atomic E-state index is 13.1. The van der Waals surface area contributed by atoms with Crippen molar-refractivity contribution in [1.29, 1.82) is 0 Å². The monoisotopic (exact) mass is 424 g/mol. The van der Waals surface area contributed by atoms with Crippen LogP contribution in [0.2, 0.25) is 0 Å². The first-order valence-corrected chi connectivity index (χ1v) is 11.2. The number of hydrogen-bond donors (Lipinski definition) is 0. The van der Waals surface area contributed by atoms with E-state index in [0.29, 0.717) is 12.3 Å². The highest BCUT2D eigenvalue weighted by atomic mass is 16.1. The van der Waals surface area contributed by atoms with Crippen LogP contribution in [0.3, 0.4) is 0 Å². The molecule has 5 heteroatoms. The minimum Gasteiger partial charge on any atom is -0.306 e. The summed E-state index contributed by atoms with van der Waals surface area (Å²) < 4.78 is 1.80. The normalized spacial score (nSPS) is 15.3. The van der Waals surface area contributed by atoms with Gasteiger partial charge in [-0.15, -0.1) is 0 Å². The van der Waals surface area contributed by atoms with E-state index in [-0.39, 0.29) is 5.78 Å². The van der Waals surface area contributed by atoms with Gasteiger partial charge >= 0.3 is 0 Å². The average molecular weight is 425 g/mol. The zero-order valence-corrected chi connectivity index (χ0v) is 18.7. The average Bonchev–Trinajstić information content (AvgIpc) is 3.25. The Morgan fingerprint density at radius 1 is 0.969 bits per heavy atom. The van der Waals surface area contributed by atoms with Crippen LogP contribution in [-0.2, 0) is 13.5 Å². The first-order valence-electron chi connectivity index (χ1n) is 11.2. The predicted octanol–water partition coefficient (Wildman–Crippen LogP) is 4.87. The number of hydrogen-bond acceptors (Lipinski definition) is 4. The third kappa shape index (κ3) is 4.34. The van der Waals surface area contributed by atoms with Crippen LogP contribution in [0.25, 0.3) is 21.9 Å². The fourth-order valence-corrected chi connectivity index (χ4v) is 4.61. The van der Waals surface area contributed by atoms with Gasteiger partial charge in [0.15, 0.2) is 5.78 Å². The highest BCUT2D eigenvalue weighted by Crippen LogP contribution is 2.28. The quantitative estimate of drug-likeness (QED) is 0.429. The number of likely N-dealkylation sites (tertiary alicyclic amines) is 1. The molecule has 1 aliphatic rings. The van der Waals surface area contributed by atoms with Crippen LogP contribution in [0, 0.1) is 0 Å². The fraction of sp³-hybridized carbons (Fsp3) is 0.296. The number of aryl methyl sites for hydroxylation is 1. The number of rotatable bonds is 5. The van der Waals surface area contributed by atoms with Crippen molar-refractivity contribution in [2.75, 3.05) is 20.1 Å². The summed E-state index contributed by atoms with van der Waals surface area (Å²) >= 11 is 0. The van der Waals surface area contributed by atoms with Gasteiger partial charge in [-0.05, 0) is 73.6 Å². The molecule has 0 spiro atoms. The molecule has 0 unspecified atom stereocenters. The summed E-state index contributed by atoms with van der Waals surface area (Å²) in [5.41, 5.74) is 5.06. The molecule has 4 aromatic rings. The van der Waals surface area contributed by atoms with Crippen molar-refractivity contribution >= 4 is 16.6 Å². The van der Waals surface area contributed by atoms with E-state index in [4.69, 9.17) is 0 Å². The number of pyridine rings is 1. The third-order valence-corrected chi connectivity index (χ3v) is 6.56. The van der Waals surface area contributed by atoms with Crippen LogP contribution in [0.4, 0.5) is 0 Å². The van der Waals surface area contributed by atoms with E-state index in [2.05, 4.69) is 52.4 Å². The Kier molecular flexibility index (Phi) is 5.58. The molecular formula is C27H28N4O. The van der Waals surface area contributed by atoms with E-state index in [1.54, 1.807) is 4.68 Å². The van der Waals surface area contributed by atoms with Crippen molar-refractivity contribution in [3.8, 4) is 11.1 Å². The molecule has 0 saturated carbocycles. The first kappa shape index (κ1) is 20.6. The Balaban J connectivity index is 1.36. The van der Waals surface area contributed by atoms with Crippen molar-refractivity contribution in [2.45, 2.75) is 25.2 Å². The third-order valence-electron chi connectivity index (χ3n) is 6.56. The molecule has 0 N–H and O–H groups in total. The number of carbonyl (C=O) groups is 1. The Labute approximate surface area is 188 Å². The zero-order chi connectivity index (χ0) is 22.1. The molecule has 1 saturated heterocycles. The Morgan fingerprint density at radius 2 is 1.81 bits per heavy atom. The number of piperidine rings is 1. The first-order chi connectivity index (χ1) is 15.5. The molecule has 0 bridgehead atoms. The molecule has 3 heterocycles. The second-order valence-corrected chi connectivity index (χ2v) is 8.94. The van der Waals surface area contributed by atoms with Gasteiger partial charge in [0.2, 0.25) is 0 Å². The maximum Gasteiger partial charge on any atom is 0.168 e. The van der Waals surface area contributed by atoms with Gasteiger partial charge in [-0.1, -0.05) is 30.3 Å². The molecule has 32 heavy (non-hydrogen) atoms. The molecule has 1 aliphatic heterocycles. The molecule has 5 nitrogen and oxygen atoms in total. The van der Waals surface area contributed by atoms with E-state index in [9.17, 15) is 4.79 Å². The smallest absolute Gasteiger partial charge is 0.168 e. The molecule has 5 rings (SSSR count). The maximum absolute atomic E-state index is 13.1. The largest absolute Gasteiger partial charge is 0.306 e. The van der Waals surface area contributed by atoms with Crippen molar-refractivity contribution in [3.63, 3.8) is 0 Å². The number of Topliss-reactive ketones (excluding diaryl/α,β-unsaturated/α-hetero) is 1. The van der Waals surface area contributed by atoms with Crippen molar-refractivity contribution in [1.82, 2.24) is 19.7 Å². The summed E-state index contributed by atoms with van der Waals surface area (Å²) in [4.78, 5) is 20.0. The highest BCUT2D eigenvalue weighted by molar-refractivity contribution is 5.98. The van der Waals surface area contributed by atoms with Crippen LogP contribution in [0.5, 0.6) is 0 Å². The molecule has 0 atom stereocenters. The fourth-order valence-electron chi connectivity index (χ4n) is 4.61. The van der Waals surface area contributed by atoms with Crippen LogP contribution >= 0.6 is 0 Å². The summed E-state index contributed by atoms with van der Waals surface area (Å²) in [5, 5.41) is 6.42. The minimum absolute atomic E-state index is 0.120. The van der Waals surface area contributed by atoms with Gasteiger partial charge in [0.25, 0.3) is 0 Å². The molecule has 0 aliphatic carbocycles. The van der Waals surface area contributed by atoms with Gasteiger partial charge in [0.1, 0.15) is 0 Å². The van der Waals surface area contributed by atoms with Gasteiger partial charge in [-0.3, -0.25) is 14.5 Å². The van der Waals surface area contributed by atoms with Gasteiger partial charge in [-0.2, -0.15) is 5.10 Å². The highest BCUT2D eigenvalue weighted by Gasteiger charge is 2.19. The van der Waals surface area contributed by atoms with E-state index >= 15 is 0 Å². The number of carbonyl (C=O) groups excluding carboxylic acids is 1. The van der Waals surface area contributed by atoms with E-state index in [1.807, 2.05) is 43.8 Å². The number of ketones is 1. The number of benzene rings is 2. The molecular weight excluding hydrogens is 396 g/mol. The number of fused-ring (bicyclic) bond motifs is 1. The van der Waals surface area contributed by atoms with E-state index in [1.165, 1.54) is 5.56 Å². The molecule has 162 valence electrons. The lowest BCUT2D eigenvalue weighted by Gasteiger charge is -2.29.